The lowest BCUT2D eigenvalue weighted by Gasteiger charge is -2.31. The molecule has 2 aromatic heterocycles. The molecule has 2 aromatic carbocycles. The molecule has 1 fully saturated rings. The van der Waals surface area contributed by atoms with Crippen LogP contribution in [0.25, 0.3) is 21.5 Å². The molecule has 0 spiro atoms. The summed E-state index contributed by atoms with van der Waals surface area (Å²) in [6.45, 7) is 3.81. The van der Waals surface area contributed by atoms with Crippen molar-refractivity contribution in [3.63, 3.8) is 0 Å². The van der Waals surface area contributed by atoms with E-state index in [1.54, 1.807) is 11.3 Å². The van der Waals surface area contributed by atoms with Crippen LogP contribution in [0, 0.1) is 6.42 Å². The zero-order valence-electron chi connectivity index (χ0n) is 22.6. The largest absolute Gasteiger partial charge is 0.416 e. The normalized spacial score (nSPS) is 17.8. The summed E-state index contributed by atoms with van der Waals surface area (Å²) < 4.78 is 68.4. The summed E-state index contributed by atoms with van der Waals surface area (Å²) in [5, 5.41) is 6.00. The Bertz CT molecular complexity index is 1610. The van der Waals surface area contributed by atoms with Crippen molar-refractivity contribution in [2.45, 2.75) is 44.4 Å². The van der Waals surface area contributed by atoms with Crippen LogP contribution >= 0.6 is 11.3 Å². The highest BCUT2D eigenvalue weighted by Crippen LogP contribution is 2.35. The molecule has 4 aromatic rings. The molecule has 0 atom stereocenters. The highest BCUT2D eigenvalue weighted by Gasteiger charge is 2.32. The van der Waals surface area contributed by atoms with Crippen LogP contribution < -0.4 is 0 Å². The average Bonchev–Trinajstić information content (AvgIpc) is 3.54. The predicted octanol–water partition coefficient (Wildman–Crippen LogP) is 5.58. The highest BCUT2D eigenvalue weighted by molar-refractivity contribution is 7.88. The number of rotatable bonds is 7. The molecule has 0 bridgehead atoms. The second-order valence-electron chi connectivity index (χ2n) is 10.8. The zero-order chi connectivity index (χ0) is 28.8. The van der Waals surface area contributed by atoms with Gasteiger partial charge in [-0.3, -0.25) is 4.68 Å². The molecule has 2 aliphatic heterocycles. The summed E-state index contributed by atoms with van der Waals surface area (Å²) in [7, 11) is -3.42. The molecule has 41 heavy (non-hydrogen) atoms. The first-order valence-corrected chi connectivity index (χ1v) is 16.3. The van der Waals surface area contributed by atoms with Gasteiger partial charge in [-0.1, -0.05) is 24.3 Å². The molecular weight excluding hydrogens is 571 g/mol. The van der Waals surface area contributed by atoms with E-state index in [9.17, 15) is 21.6 Å². The Morgan fingerprint density at radius 1 is 1.02 bits per heavy atom. The molecule has 0 N–H and O–H groups in total. The van der Waals surface area contributed by atoms with E-state index in [0.29, 0.717) is 36.7 Å². The number of piperidine rings is 1. The van der Waals surface area contributed by atoms with Crippen molar-refractivity contribution in [2.24, 2.45) is 0 Å². The zero-order valence-corrected chi connectivity index (χ0v) is 24.3. The fraction of sp³-hybridized carbons (Fsp3) is 0.414. The van der Waals surface area contributed by atoms with Gasteiger partial charge in [-0.15, -0.1) is 11.3 Å². The minimum atomic E-state index is -4.43. The third-order valence-corrected chi connectivity index (χ3v) is 10.4. The molecule has 1 saturated heterocycles. The Kier molecular flexibility index (Phi) is 7.68. The summed E-state index contributed by atoms with van der Waals surface area (Å²) in [4.78, 5) is 7.27. The lowest BCUT2D eigenvalue weighted by Crippen LogP contribution is -2.36. The maximum atomic E-state index is 13.1. The van der Waals surface area contributed by atoms with E-state index in [1.165, 1.54) is 32.4 Å². The number of hydrogen-bond donors (Lipinski definition) is 0. The molecule has 0 unspecified atom stereocenters. The first-order chi connectivity index (χ1) is 19.6. The van der Waals surface area contributed by atoms with Crippen molar-refractivity contribution < 1.29 is 21.6 Å². The third-order valence-electron chi connectivity index (χ3n) is 7.99. The third kappa shape index (κ3) is 6.06. The van der Waals surface area contributed by atoms with Gasteiger partial charge >= 0.3 is 6.18 Å². The number of aromatic nitrogens is 3. The van der Waals surface area contributed by atoms with E-state index >= 15 is 0 Å². The van der Waals surface area contributed by atoms with Gasteiger partial charge in [0.05, 0.1) is 32.7 Å². The molecule has 2 aliphatic rings. The lowest BCUT2D eigenvalue weighted by atomic mass is 9.97. The molecular formula is C29H31F3N5O2S2. The van der Waals surface area contributed by atoms with Crippen molar-refractivity contribution in [3.05, 3.63) is 76.8 Å². The second-order valence-corrected chi connectivity index (χ2v) is 13.8. The first kappa shape index (κ1) is 28.3. The standard InChI is InChI=1S/C29H31F3N5O2S2/c1-41(38,39)36-18-13-25-23(19-36)27(20-7-9-22(10-8-20)29(30,31)32)34-37(25)15-4-14-35-16-11-21(12-17-35)28-33-24-5-2-3-6-26(24)40-28/h2-10,21H,11-19H2,1H3. The summed E-state index contributed by atoms with van der Waals surface area (Å²) in [5.41, 5.74) is 3.11. The van der Waals surface area contributed by atoms with Gasteiger partial charge in [-0.05, 0) is 56.6 Å². The Balaban J connectivity index is 1.13. The summed E-state index contributed by atoms with van der Waals surface area (Å²) >= 11 is 1.79. The minimum absolute atomic E-state index is 0.157. The number of para-hydroxylation sites is 1. The minimum Gasteiger partial charge on any atom is -0.303 e. The molecule has 6 rings (SSSR count). The number of benzene rings is 2. The van der Waals surface area contributed by atoms with Crippen molar-refractivity contribution in [1.29, 1.82) is 0 Å². The predicted molar refractivity (Wildman–Crippen MR) is 154 cm³/mol. The van der Waals surface area contributed by atoms with Crippen molar-refractivity contribution >= 4 is 31.6 Å². The van der Waals surface area contributed by atoms with E-state index in [2.05, 4.69) is 23.5 Å². The maximum absolute atomic E-state index is 13.1. The topological polar surface area (TPSA) is 71.3 Å². The Morgan fingerprint density at radius 2 is 1.76 bits per heavy atom. The second kappa shape index (κ2) is 11.1. The van der Waals surface area contributed by atoms with E-state index in [-0.39, 0.29) is 6.54 Å². The average molecular weight is 603 g/mol. The number of sulfonamides is 1. The number of thiazole rings is 1. The van der Waals surface area contributed by atoms with E-state index < -0.39 is 21.8 Å². The van der Waals surface area contributed by atoms with Crippen molar-refractivity contribution in [3.8, 4) is 11.3 Å². The van der Waals surface area contributed by atoms with Gasteiger partial charge in [0.2, 0.25) is 10.0 Å². The van der Waals surface area contributed by atoms with E-state index in [1.807, 2.05) is 16.8 Å². The van der Waals surface area contributed by atoms with Gasteiger partial charge in [0, 0.05) is 55.3 Å². The van der Waals surface area contributed by atoms with Crippen LogP contribution in [0.5, 0.6) is 0 Å². The van der Waals surface area contributed by atoms with Crippen LogP contribution in [0.1, 0.15) is 40.6 Å². The van der Waals surface area contributed by atoms with E-state index in [0.717, 1.165) is 61.4 Å². The van der Waals surface area contributed by atoms with Crippen LogP contribution in [-0.2, 0) is 35.7 Å². The van der Waals surface area contributed by atoms with Crippen LogP contribution in [0.3, 0.4) is 0 Å². The maximum Gasteiger partial charge on any atom is 0.416 e. The van der Waals surface area contributed by atoms with Crippen LogP contribution in [0.4, 0.5) is 13.2 Å². The van der Waals surface area contributed by atoms with Crippen LogP contribution in [0.2, 0.25) is 0 Å². The number of fused-ring (bicyclic) bond motifs is 2. The Morgan fingerprint density at radius 3 is 2.44 bits per heavy atom. The fourth-order valence-electron chi connectivity index (χ4n) is 5.74. The number of likely N-dealkylation sites (tertiary alicyclic amines) is 1. The molecule has 0 amide bonds. The Labute approximate surface area is 241 Å². The summed E-state index contributed by atoms with van der Waals surface area (Å²) in [6, 6.07) is 13.2. The van der Waals surface area contributed by atoms with Crippen LogP contribution in [-0.4, -0.2) is 64.8 Å². The fourth-order valence-corrected chi connectivity index (χ4v) is 7.66. The molecule has 7 nitrogen and oxygen atoms in total. The molecule has 0 saturated carbocycles. The number of hydrogen-bond acceptors (Lipinski definition) is 6. The Hall–Kier alpha value is -2.80. The molecule has 4 heterocycles. The first-order valence-electron chi connectivity index (χ1n) is 13.7. The van der Waals surface area contributed by atoms with Gasteiger partial charge in [0.15, 0.2) is 0 Å². The highest BCUT2D eigenvalue weighted by atomic mass is 32.2. The van der Waals surface area contributed by atoms with Gasteiger partial charge in [-0.2, -0.15) is 22.6 Å². The van der Waals surface area contributed by atoms with Gasteiger partial charge in [0.1, 0.15) is 0 Å². The van der Waals surface area contributed by atoms with Gasteiger partial charge in [-0.25, -0.2) is 13.4 Å². The lowest BCUT2D eigenvalue weighted by molar-refractivity contribution is -0.137. The molecule has 1 radical (unpaired) electrons. The van der Waals surface area contributed by atoms with Gasteiger partial charge < -0.3 is 4.90 Å². The van der Waals surface area contributed by atoms with Crippen molar-refractivity contribution in [1.82, 2.24) is 24.0 Å². The number of halogens is 3. The monoisotopic (exact) mass is 602 g/mol. The SMILES string of the molecule is CS(=O)(=O)N1CCc2c(c(-c3ccc(C(F)(F)F)cc3)nn2C[CH]CN2CCC(c3nc4ccccc4s3)CC2)C1. The van der Waals surface area contributed by atoms with E-state index in [4.69, 9.17) is 10.1 Å². The van der Waals surface area contributed by atoms with Gasteiger partial charge in [0.25, 0.3) is 0 Å². The molecule has 12 heteroatoms. The molecule has 0 aliphatic carbocycles. The smallest absolute Gasteiger partial charge is 0.303 e. The van der Waals surface area contributed by atoms with Crippen LogP contribution in [0.15, 0.2) is 48.5 Å². The number of nitrogens with zero attached hydrogens (tertiary/aromatic N) is 5. The summed E-state index contributed by atoms with van der Waals surface area (Å²) in [5.74, 6) is 0.478. The summed E-state index contributed by atoms with van der Waals surface area (Å²) in [6.07, 6.45) is 1.53. The molecule has 217 valence electrons. The quantitative estimate of drug-likeness (QED) is 0.276. The number of alkyl halides is 3. The van der Waals surface area contributed by atoms with Crippen molar-refractivity contribution in [2.75, 3.05) is 32.4 Å².